The van der Waals surface area contributed by atoms with Crippen LogP contribution in [0.3, 0.4) is 0 Å². The first-order valence-corrected chi connectivity index (χ1v) is 10.3. The van der Waals surface area contributed by atoms with Gasteiger partial charge in [-0.05, 0) is 48.6 Å². The molecule has 2 aromatic carbocycles. The Balaban J connectivity index is 2.28. The van der Waals surface area contributed by atoms with Crippen molar-refractivity contribution < 1.29 is 24.5 Å². The molecule has 6 heteroatoms. The zero-order chi connectivity index (χ0) is 19.3. The Morgan fingerprint density at radius 2 is 1.81 bits per heavy atom. The molecule has 0 saturated heterocycles. The van der Waals surface area contributed by atoms with Gasteiger partial charge in [0.25, 0.3) is 0 Å². The number of phenolic OH excluding ortho intramolecular Hbond substituents is 1. The molecule has 0 spiro atoms. The molecule has 5 nitrogen and oxygen atoms in total. The molecule has 1 atom stereocenters. The summed E-state index contributed by atoms with van der Waals surface area (Å²) in [7, 11) is -3.63. The molecule has 0 aliphatic heterocycles. The molecule has 0 aliphatic carbocycles. The Morgan fingerprint density at radius 3 is 2.38 bits per heavy atom. The number of aromatic hydroxyl groups is 1. The van der Waals surface area contributed by atoms with Crippen molar-refractivity contribution in [2.45, 2.75) is 20.3 Å². The van der Waals surface area contributed by atoms with Crippen LogP contribution in [0.2, 0.25) is 0 Å². The zero-order valence-electron chi connectivity index (χ0n) is 14.8. The fourth-order valence-corrected chi connectivity index (χ4v) is 4.55. The maximum absolute atomic E-state index is 12.7. The van der Waals surface area contributed by atoms with Crippen molar-refractivity contribution in [1.82, 2.24) is 0 Å². The molecule has 0 amide bonds. The normalized spacial score (nSPS) is 14.0. The smallest absolute Gasteiger partial charge is 0.328 e. The highest BCUT2D eigenvalue weighted by Crippen LogP contribution is 2.46. The third kappa shape index (κ3) is 5.58. The Kier molecular flexibility index (Phi) is 6.41. The average molecular weight is 374 g/mol. The third-order valence-corrected chi connectivity index (χ3v) is 5.85. The van der Waals surface area contributed by atoms with Gasteiger partial charge in [-0.25, -0.2) is 4.79 Å². The fraction of sp³-hybridized carbons (Fsp3) is 0.250. The van der Waals surface area contributed by atoms with Crippen LogP contribution in [0.4, 0.5) is 0 Å². The molecular weight excluding hydrogens is 351 g/mol. The van der Waals surface area contributed by atoms with E-state index in [1.807, 2.05) is 37.3 Å². The number of allylic oxidation sites excluding steroid dienone is 1. The van der Waals surface area contributed by atoms with Gasteiger partial charge in [0.2, 0.25) is 7.37 Å². The van der Waals surface area contributed by atoms with Crippen LogP contribution >= 0.6 is 7.37 Å². The van der Waals surface area contributed by atoms with Crippen LogP contribution in [0.1, 0.15) is 22.3 Å². The summed E-state index contributed by atoms with van der Waals surface area (Å²) in [6, 6.07) is 12.7. The van der Waals surface area contributed by atoms with Gasteiger partial charge in [-0.3, -0.25) is 4.57 Å². The molecule has 26 heavy (non-hydrogen) atoms. The maximum Gasteiger partial charge on any atom is 0.328 e. The standard InChI is InChI=1S/C20H23O5P/c1-14-10-15(2)20(18(21)11-14)17(12-19(22)23)13-26(24,25)9-8-16-6-4-3-5-7-16/h3-7,10-12,21H,8-9,13H2,1-2H3,(H,22,23)(H,24,25). The van der Waals surface area contributed by atoms with Crippen molar-refractivity contribution >= 4 is 18.9 Å². The molecule has 2 rings (SSSR count). The SMILES string of the molecule is Cc1cc(C)c(C(=CC(=O)O)CP(=O)(O)CCc2ccccc2)c(O)c1. The predicted molar refractivity (Wildman–Crippen MR) is 103 cm³/mol. The highest BCUT2D eigenvalue weighted by Gasteiger charge is 2.24. The number of carbonyl (C=O) groups is 1. The lowest BCUT2D eigenvalue weighted by molar-refractivity contribution is -0.131. The summed E-state index contributed by atoms with van der Waals surface area (Å²) in [6.07, 6.45) is 1.07. The van der Waals surface area contributed by atoms with E-state index in [9.17, 15) is 19.4 Å². The minimum atomic E-state index is -3.63. The van der Waals surface area contributed by atoms with E-state index in [4.69, 9.17) is 5.11 Å². The van der Waals surface area contributed by atoms with Crippen molar-refractivity contribution in [2.24, 2.45) is 0 Å². The van der Waals surface area contributed by atoms with Gasteiger partial charge in [-0.2, -0.15) is 0 Å². The van der Waals surface area contributed by atoms with Crippen LogP contribution in [0.15, 0.2) is 48.5 Å². The second-order valence-electron chi connectivity index (χ2n) is 6.45. The van der Waals surface area contributed by atoms with E-state index in [1.165, 1.54) is 6.07 Å². The van der Waals surface area contributed by atoms with Crippen molar-refractivity contribution in [2.75, 3.05) is 12.3 Å². The van der Waals surface area contributed by atoms with Crippen LogP contribution in [0, 0.1) is 13.8 Å². The van der Waals surface area contributed by atoms with Crippen LogP contribution in [-0.4, -0.2) is 33.4 Å². The summed E-state index contributed by atoms with van der Waals surface area (Å²) in [5, 5.41) is 19.4. The number of aliphatic carboxylic acids is 1. The fourth-order valence-electron chi connectivity index (χ4n) is 3.00. The minimum absolute atomic E-state index is 0.0413. The molecule has 0 heterocycles. The first-order valence-electron chi connectivity index (χ1n) is 8.27. The minimum Gasteiger partial charge on any atom is -0.507 e. The number of carboxylic acids is 1. The highest BCUT2D eigenvalue weighted by atomic mass is 31.2. The quantitative estimate of drug-likeness (QED) is 0.503. The second-order valence-corrected chi connectivity index (χ2v) is 8.90. The van der Waals surface area contributed by atoms with Gasteiger partial charge in [0.1, 0.15) is 5.75 Å². The van der Waals surface area contributed by atoms with Crippen LogP contribution in [0.5, 0.6) is 5.75 Å². The molecule has 0 radical (unpaired) electrons. The van der Waals surface area contributed by atoms with Crippen LogP contribution in [-0.2, 0) is 15.8 Å². The third-order valence-electron chi connectivity index (χ3n) is 4.09. The zero-order valence-corrected chi connectivity index (χ0v) is 15.7. The topological polar surface area (TPSA) is 94.8 Å². The van der Waals surface area contributed by atoms with E-state index in [2.05, 4.69) is 0 Å². The second kappa shape index (κ2) is 8.35. The van der Waals surface area contributed by atoms with E-state index < -0.39 is 13.3 Å². The molecule has 1 unspecified atom stereocenters. The highest BCUT2D eigenvalue weighted by molar-refractivity contribution is 7.58. The van der Waals surface area contributed by atoms with Crippen LogP contribution < -0.4 is 0 Å². The Hall–Kier alpha value is -2.36. The Bertz CT molecular complexity index is 848. The van der Waals surface area contributed by atoms with E-state index in [0.717, 1.165) is 17.2 Å². The first kappa shape index (κ1) is 20.0. The molecule has 0 fully saturated rings. The lowest BCUT2D eigenvalue weighted by Gasteiger charge is -2.17. The summed E-state index contributed by atoms with van der Waals surface area (Å²) in [5.74, 6) is -1.31. The lowest BCUT2D eigenvalue weighted by Crippen LogP contribution is -2.04. The Labute approximate surface area is 153 Å². The predicted octanol–water partition coefficient (Wildman–Crippen LogP) is 3.99. The van der Waals surface area contributed by atoms with Crippen molar-refractivity contribution in [3.63, 3.8) is 0 Å². The van der Waals surface area contributed by atoms with Gasteiger partial charge < -0.3 is 15.1 Å². The summed E-state index contributed by atoms with van der Waals surface area (Å²) in [6.45, 7) is 3.55. The number of hydrogen-bond donors (Lipinski definition) is 3. The molecular formula is C20H23O5P. The number of carboxylic acid groups (broad SMARTS) is 1. The summed E-state index contributed by atoms with van der Waals surface area (Å²) in [4.78, 5) is 21.6. The summed E-state index contributed by atoms with van der Waals surface area (Å²) < 4.78 is 12.7. The Morgan fingerprint density at radius 1 is 1.15 bits per heavy atom. The van der Waals surface area contributed by atoms with E-state index in [-0.39, 0.29) is 23.6 Å². The largest absolute Gasteiger partial charge is 0.507 e. The average Bonchev–Trinajstić information content (AvgIpc) is 2.52. The van der Waals surface area contributed by atoms with E-state index in [1.54, 1.807) is 13.0 Å². The summed E-state index contributed by atoms with van der Waals surface area (Å²) in [5.41, 5.74) is 2.91. The van der Waals surface area contributed by atoms with Gasteiger partial charge in [0.05, 0.1) is 6.16 Å². The van der Waals surface area contributed by atoms with Crippen LogP contribution in [0.25, 0.3) is 5.57 Å². The van der Waals surface area contributed by atoms with Gasteiger partial charge in [0.15, 0.2) is 0 Å². The number of aryl methyl sites for hydroxylation is 3. The summed E-state index contributed by atoms with van der Waals surface area (Å²) >= 11 is 0. The number of benzene rings is 2. The number of hydrogen-bond acceptors (Lipinski definition) is 3. The lowest BCUT2D eigenvalue weighted by atomic mass is 9.98. The molecule has 0 saturated carbocycles. The first-order chi connectivity index (χ1) is 12.2. The maximum atomic E-state index is 12.7. The number of phenols is 1. The molecule has 0 bridgehead atoms. The van der Waals surface area contributed by atoms with Crippen molar-refractivity contribution in [3.8, 4) is 5.75 Å². The monoisotopic (exact) mass is 374 g/mol. The van der Waals surface area contributed by atoms with Gasteiger partial charge >= 0.3 is 5.97 Å². The molecule has 3 N–H and O–H groups in total. The number of rotatable bonds is 7. The molecule has 0 aliphatic rings. The van der Waals surface area contributed by atoms with E-state index >= 15 is 0 Å². The van der Waals surface area contributed by atoms with E-state index in [0.29, 0.717) is 17.5 Å². The van der Waals surface area contributed by atoms with Gasteiger partial charge in [-0.1, -0.05) is 36.4 Å². The molecule has 0 aromatic heterocycles. The van der Waals surface area contributed by atoms with Gasteiger partial charge in [-0.15, -0.1) is 0 Å². The van der Waals surface area contributed by atoms with Crippen molar-refractivity contribution in [1.29, 1.82) is 0 Å². The van der Waals surface area contributed by atoms with Gasteiger partial charge in [0, 0.05) is 17.8 Å². The van der Waals surface area contributed by atoms with Crippen molar-refractivity contribution in [3.05, 3.63) is 70.8 Å². The molecule has 138 valence electrons. The molecule has 2 aromatic rings.